The average molecular weight is 203 g/mol. The minimum absolute atomic E-state index is 0.0850. The first-order valence-electron chi connectivity index (χ1n) is 5.94. The highest BCUT2D eigenvalue weighted by atomic mass is 14.8. The average Bonchev–Trinajstić information content (AvgIpc) is 2.17. The molecule has 2 N–H and O–H groups in total. The van der Waals surface area contributed by atoms with Crippen LogP contribution in [-0.2, 0) is 5.54 Å². The van der Waals surface area contributed by atoms with Gasteiger partial charge in [0.15, 0.2) is 0 Å². The van der Waals surface area contributed by atoms with E-state index in [1.165, 1.54) is 12.0 Å². The largest absolute Gasteiger partial charge is 0.321 e. The van der Waals surface area contributed by atoms with E-state index in [1.54, 1.807) is 0 Å². The second-order valence-electron chi connectivity index (χ2n) is 5.38. The van der Waals surface area contributed by atoms with Crippen molar-refractivity contribution in [2.75, 3.05) is 0 Å². The van der Waals surface area contributed by atoms with E-state index in [9.17, 15) is 0 Å². The van der Waals surface area contributed by atoms with Crippen molar-refractivity contribution in [2.45, 2.75) is 38.6 Å². The molecule has 0 radical (unpaired) electrons. The Bertz CT molecular complexity index is 307. The molecule has 1 aliphatic rings. The molecule has 0 amide bonds. The molecule has 0 spiro atoms. The van der Waals surface area contributed by atoms with Gasteiger partial charge in [0.05, 0.1) is 0 Å². The molecule has 15 heavy (non-hydrogen) atoms. The number of rotatable bonds is 1. The molecular weight excluding hydrogens is 182 g/mol. The van der Waals surface area contributed by atoms with Gasteiger partial charge in [-0.3, -0.25) is 0 Å². The molecule has 82 valence electrons. The van der Waals surface area contributed by atoms with Gasteiger partial charge in [-0.05, 0) is 36.7 Å². The maximum Gasteiger partial charge on any atom is 0.0414 e. The first-order chi connectivity index (χ1) is 7.10. The van der Waals surface area contributed by atoms with E-state index in [-0.39, 0.29) is 5.54 Å². The van der Waals surface area contributed by atoms with Crippen LogP contribution in [0.4, 0.5) is 0 Å². The molecule has 1 aromatic carbocycles. The van der Waals surface area contributed by atoms with E-state index in [0.717, 1.165) is 24.7 Å². The molecule has 0 bridgehead atoms. The molecule has 1 fully saturated rings. The van der Waals surface area contributed by atoms with Crippen molar-refractivity contribution in [2.24, 2.45) is 17.6 Å². The fourth-order valence-electron chi connectivity index (χ4n) is 3.19. The summed E-state index contributed by atoms with van der Waals surface area (Å²) in [7, 11) is 0. The summed E-state index contributed by atoms with van der Waals surface area (Å²) in [5, 5.41) is 0. The number of benzene rings is 1. The van der Waals surface area contributed by atoms with E-state index < -0.39 is 0 Å². The predicted octanol–water partition coefficient (Wildman–Crippen LogP) is 3.30. The monoisotopic (exact) mass is 203 g/mol. The van der Waals surface area contributed by atoms with Gasteiger partial charge in [-0.1, -0.05) is 44.2 Å². The lowest BCUT2D eigenvalue weighted by Crippen LogP contribution is -2.43. The molecule has 1 aromatic rings. The standard InChI is InChI=1S/C14H21N/c1-11-8-12(2)10-14(15,9-11)13-6-4-3-5-7-13/h3-7,11-12H,8-10,15H2,1-2H3. The van der Waals surface area contributed by atoms with Crippen molar-refractivity contribution in [1.29, 1.82) is 0 Å². The molecule has 1 aliphatic carbocycles. The van der Waals surface area contributed by atoms with Crippen LogP contribution in [0.5, 0.6) is 0 Å². The lowest BCUT2D eigenvalue weighted by molar-refractivity contribution is 0.183. The van der Waals surface area contributed by atoms with E-state index in [1.807, 2.05) is 0 Å². The highest BCUT2D eigenvalue weighted by molar-refractivity contribution is 5.24. The summed E-state index contributed by atoms with van der Waals surface area (Å²) in [6, 6.07) is 10.6. The van der Waals surface area contributed by atoms with E-state index in [4.69, 9.17) is 5.73 Å². The highest BCUT2D eigenvalue weighted by Crippen LogP contribution is 2.40. The van der Waals surface area contributed by atoms with Crippen LogP contribution in [0.1, 0.15) is 38.7 Å². The lowest BCUT2D eigenvalue weighted by Gasteiger charge is -2.40. The molecule has 2 rings (SSSR count). The van der Waals surface area contributed by atoms with E-state index in [0.29, 0.717) is 0 Å². The summed E-state index contributed by atoms with van der Waals surface area (Å²) in [4.78, 5) is 0. The quantitative estimate of drug-likeness (QED) is 0.744. The predicted molar refractivity (Wildman–Crippen MR) is 64.5 cm³/mol. The van der Waals surface area contributed by atoms with Crippen LogP contribution in [0, 0.1) is 11.8 Å². The third-order valence-electron chi connectivity index (χ3n) is 3.58. The van der Waals surface area contributed by atoms with Crippen molar-refractivity contribution in [3.05, 3.63) is 35.9 Å². The summed E-state index contributed by atoms with van der Waals surface area (Å²) in [6.45, 7) is 4.64. The van der Waals surface area contributed by atoms with Crippen molar-refractivity contribution < 1.29 is 0 Å². The number of hydrogen-bond donors (Lipinski definition) is 1. The summed E-state index contributed by atoms with van der Waals surface area (Å²) < 4.78 is 0. The van der Waals surface area contributed by atoms with Gasteiger partial charge in [0, 0.05) is 5.54 Å². The Morgan fingerprint density at radius 1 is 1.07 bits per heavy atom. The molecule has 2 unspecified atom stereocenters. The van der Waals surface area contributed by atoms with Gasteiger partial charge in [-0.15, -0.1) is 0 Å². The highest BCUT2D eigenvalue weighted by Gasteiger charge is 2.35. The molecule has 0 heterocycles. The van der Waals surface area contributed by atoms with Crippen molar-refractivity contribution >= 4 is 0 Å². The zero-order chi connectivity index (χ0) is 10.9. The molecular formula is C14H21N. The summed E-state index contributed by atoms with van der Waals surface area (Å²) in [6.07, 6.45) is 3.58. The molecule has 1 heteroatoms. The number of hydrogen-bond acceptors (Lipinski definition) is 1. The van der Waals surface area contributed by atoms with Crippen molar-refractivity contribution in [1.82, 2.24) is 0 Å². The first-order valence-corrected chi connectivity index (χ1v) is 5.94. The third kappa shape index (κ3) is 2.23. The van der Waals surface area contributed by atoms with E-state index in [2.05, 4.69) is 44.2 Å². The van der Waals surface area contributed by atoms with Gasteiger partial charge in [0.1, 0.15) is 0 Å². The molecule has 2 atom stereocenters. The van der Waals surface area contributed by atoms with Crippen LogP contribution in [0.25, 0.3) is 0 Å². The minimum atomic E-state index is -0.0850. The van der Waals surface area contributed by atoms with Crippen LogP contribution >= 0.6 is 0 Å². The van der Waals surface area contributed by atoms with Gasteiger partial charge in [0.2, 0.25) is 0 Å². The molecule has 0 aromatic heterocycles. The van der Waals surface area contributed by atoms with Crippen LogP contribution in [0.2, 0.25) is 0 Å². The maximum atomic E-state index is 6.56. The van der Waals surface area contributed by atoms with Crippen molar-refractivity contribution in [3.8, 4) is 0 Å². The van der Waals surface area contributed by atoms with Gasteiger partial charge in [-0.25, -0.2) is 0 Å². The van der Waals surface area contributed by atoms with Crippen molar-refractivity contribution in [3.63, 3.8) is 0 Å². The molecule has 1 saturated carbocycles. The smallest absolute Gasteiger partial charge is 0.0414 e. The summed E-state index contributed by atoms with van der Waals surface area (Å²) in [5.41, 5.74) is 7.78. The first kappa shape index (κ1) is 10.7. The van der Waals surface area contributed by atoms with Gasteiger partial charge in [0.25, 0.3) is 0 Å². The Labute approximate surface area is 92.7 Å². The van der Waals surface area contributed by atoms with Crippen LogP contribution in [0.3, 0.4) is 0 Å². The Morgan fingerprint density at radius 3 is 2.13 bits per heavy atom. The zero-order valence-electron chi connectivity index (χ0n) is 9.74. The topological polar surface area (TPSA) is 26.0 Å². The van der Waals surface area contributed by atoms with Crippen LogP contribution in [-0.4, -0.2) is 0 Å². The van der Waals surface area contributed by atoms with E-state index >= 15 is 0 Å². The second-order valence-corrected chi connectivity index (χ2v) is 5.38. The Morgan fingerprint density at radius 2 is 1.60 bits per heavy atom. The van der Waals surface area contributed by atoms with Gasteiger partial charge in [-0.2, -0.15) is 0 Å². The lowest BCUT2D eigenvalue weighted by atomic mass is 9.69. The second kappa shape index (κ2) is 3.97. The van der Waals surface area contributed by atoms with Crippen LogP contribution in [0.15, 0.2) is 30.3 Å². The minimum Gasteiger partial charge on any atom is -0.321 e. The maximum absolute atomic E-state index is 6.56. The summed E-state index contributed by atoms with van der Waals surface area (Å²) in [5.74, 6) is 1.50. The Balaban J connectivity index is 2.26. The Kier molecular flexibility index (Phi) is 2.83. The molecule has 1 nitrogen and oxygen atoms in total. The fraction of sp³-hybridized carbons (Fsp3) is 0.571. The summed E-state index contributed by atoms with van der Waals surface area (Å²) >= 11 is 0. The SMILES string of the molecule is CC1CC(C)CC(N)(c2ccccc2)C1. The zero-order valence-corrected chi connectivity index (χ0v) is 9.74. The van der Waals surface area contributed by atoms with Crippen LogP contribution < -0.4 is 5.73 Å². The molecule has 0 saturated heterocycles. The van der Waals surface area contributed by atoms with Gasteiger partial charge < -0.3 is 5.73 Å². The van der Waals surface area contributed by atoms with Gasteiger partial charge >= 0.3 is 0 Å². The third-order valence-corrected chi connectivity index (χ3v) is 3.58. The fourth-order valence-corrected chi connectivity index (χ4v) is 3.19. The number of nitrogens with two attached hydrogens (primary N) is 1. The Hall–Kier alpha value is -0.820. The normalized spacial score (nSPS) is 36.5. The molecule has 0 aliphatic heterocycles.